The highest BCUT2D eigenvalue weighted by molar-refractivity contribution is 6.36. The van der Waals surface area contributed by atoms with E-state index in [1.807, 2.05) is 0 Å². The maximum atomic E-state index is 13.2. The smallest absolute Gasteiger partial charge is 0.430 e. The summed E-state index contributed by atoms with van der Waals surface area (Å²) in [4.78, 5) is 12.7. The largest absolute Gasteiger partial charge is 0.478 e. The van der Waals surface area contributed by atoms with Crippen LogP contribution < -0.4 is 9.64 Å². The molecule has 3 rings (SSSR count). The Kier molecular flexibility index (Phi) is 4.90. The lowest BCUT2D eigenvalue weighted by Gasteiger charge is -2.30. The highest BCUT2D eigenvalue weighted by Gasteiger charge is 2.48. The molecule has 10 heteroatoms. The minimum atomic E-state index is -4.89. The maximum Gasteiger partial charge on any atom is 0.430 e. The SMILES string of the molecule is O=C(O)C1=Cc2cc(Cl)c(N3CC(Cl)=CC=C3Cl)cc2OC1C(F)(F)F. The van der Waals surface area contributed by atoms with Crippen LogP contribution in [0.1, 0.15) is 5.56 Å². The first-order chi connectivity index (χ1) is 12.1. The van der Waals surface area contributed by atoms with Crippen LogP contribution in [-0.2, 0) is 4.79 Å². The quantitative estimate of drug-likeness (QED) is 0.664. The molecule has 0 saturated carbocycles. The lowest BCUT2D eigenvalue weighted by atomic mass is 10.0. The van der Waals surface area contributed by atoms with E-state index in [0.717, 1.165) is 6.08 Å². The van der Waals surface area contributed by atoms with Crippen LogP contribution in [0.2, 0.25) is 5.02 Å². The van der Waals surface area contributed by atoms with E-state index >= 15 is 0 Å². The van der Waals surface area contributed by atoms with Gasteiger partial charge in [0.15, 0.2) is 0 Å². The van der Waals surface area contributed by atoms with Crippen molar-refractivity contribution in [2.75, 3.05) is 11.4 Å². The molecular weight excluding hydrogens is 418 g/mol. The van der Waals surface area contributed by atoms with Crippen LogP contribution in [0.4, 0.5) is 18.9 Å². The number of fused-ring (bicyclic) bond motifs is 1. The molecule has 4 nitrogen and oxygen atoms in total. The normalized spacial score (nSPS) is 19.8. The molecular formula is C16H9Cl3F3NO3. The first kappa shape index (κ1) is 18.9. The van der Waals surface area contributed by atoms with Gasteiger partial charge in [-0.1, -0.05) is 34.8 Å². The summed E-state index contributed by atoms with van der Waals surface area (Å²) in [6.07, 6.45) is -3.47. The zero-order valence-electron chi connectivity index (χ0n) is 12.6. The molecule has 2 heterocycles. The summed E-state index contributed by atoms with van der Waals surface area (Å²) in [7, 11) is 0. The zero-order chi connectivity index (χ0) is 19.2. The van der Waals surface area contributed by atoms with Gasteiger partial charge in [0.1, 0.15) is 10.9 Å². The van der Waals surface area contributed by atoms with Gasteiger partial charge in [0, 0.05) is 16.7 Å². The zero-order valence-corrected chi connectivity index (χ0v) is 14.9. The van der Waals surface area contributed by atoms with Crippen molar-refractivity contribution in [2.45, 2.75) is 12.3 Å². The standard InChI is InChI=1S/C16H9Cl3F3NO3/c17-8-1-2-13(19)23(6-8)11-5-12-7(4-10(11)18)3-9(15(24)25)14(26-12)16(20,21)22/h1-5,14H,6H2,(H,24,25). The second-order valence-electron chi connectivity index (χ2n) is 5.47. The van der Waals surface area contributed by atoms with Gasteiger partial charge in [-0.2, -0.15) is 13.2 Å². The summed E-state index contributed by atoms with van der Waals surface area (Å²) in [6.45, 7) is 0.175. The van der Waals surface area contributed by atoms with E-state index in [1.165, 1.54) is 23.1 Å². The van der Waals surface area contributed by atoms with Gasteiger partial charge in [0.2, 0.25) is 6.10 Å². The van der Waals surface area contributed by atoms with Gasteiger partial charge in [0.05, 0.1) is 22.8 Å². The number of hydrogen-bond acceptors (Lipinski definition) is 3. The molecule has 0 aromatic heterocycles. The number of carbonyl (C=O) groups is 1. The van der Waals surface area contributed by atoms with E-state index in [2.05, 4.69) is 0 Å². The molecule has 1 aromatic carbocycles. The average molecular weight is 427 g/mol. The summed E-state index contributed by atoms with van der Waals surface area (Å²) in [5, 5.41) is 9.92. The van der Waals surface area contributed by atoms with Crippen LogP contribution in [0.15, 0.2) is 40.0 Å². The van der Waals surface area contributed by atoms with Crippen molar-refractivity contribution in [1.82, 2.24) is 0 Å². The number of ether oxygens (including phenoxy) is 1. The van der Waals surface area contributed by atoms with Gasteiger partial charge in [-0.05, 0) is 24.3 Å². The van der Waals surface area contributed by atoms with Crippen LogP contribution in [0.5, 0.6) is 5.75 Å². The Balaban J connectivity index is 2.08. The highest BCUT2D eigenvalue weighted by Crippen LogP contribution is 2.43. The molecule has 1 unspecified atom stereocenters. The molecule has 2 aliphatic heterocycles. The van der Waals surface area contributed by atoms with Crippen molar-refractivity contribution in [1.29, 1.82) is 0 Å². The molecule has 0 fully saturated rings. The van der Waals surface area contributed by atoms with Crippen LogP contribution in [0, 0.1) is 0 Å². The van der Waals surface area contributed by atoms with Gasteiger partial charge in [-0.3, -0.25) is 0 Å². The molecule has 138 valence electrons. The Morgan fingerprint density at radius 2 is 1.92 bits per heavy atom. The third-order valence-electron chi connectivity index (χ3n) is 3.72. The van der Waals surface area contributed by atoms with Crippen molar-refractivity contribution in [3.8, 4) is 5.75 Å². The maximum absolute atomic E-state index is 13.2. The van der Waals surface area contributed by atoms with Gasteiger partial charge >= 0.3 is 12.1 Å². The minimum Gasteiger partial charge on any atom is -0.478 e. The molecule has 0 aliphatic carbocycles. The monoisotopic (exact) mass is 425 g/mol. The van der Waals surface area contributed by atoms with Gasteiger partial charge < -0.3 is 14.7 Å². The summed E-state index contributed by atoms with van der Waals surface area (Å²) in [6, 6.07) is 2.59. The Hall–Kier alpha value is -1.83. The average Bonchev–Trinajstić information content (AvgIpc) is 2.54. The molecule has 0 spiro atoms. The van der Waals surface area contributed by atoms with Crippen LogP contribution >= 0.6 is 34.8 Å². The Morgan fingerprint density at radius 1 is 1.23 bits per heavy atom. The van der Waals surface area contributed by atoms with Gasteiger partial charge in [-0.15, -0.1) is 0 Å². The topological polar surface area (TPSA) is 49.8 Å². The fourth-order valence-corrected chi connectivity index (χ4v) is 3.23. The third-order valence-corrected chi connectivity index (χ3v) is 4.60. The van der Waals surface area contributed by atoms with Crippen molar-refractivity contribution < 1.29 is 27.8 Å². The number of nitrogens with zero attached hydrogens (tertiary/aromatic N) is 1. The van der Waals surface area contributed by atoms with Crippen molar-refractivity contribution in [3.05, 3.63) is 50.6 Å². The van der Waals surface area contributed by atoms with Crippen LogP contribution in [-0.4, -0.2) is 29.9 Å². The van der Waals surface area contributed by atoms with E-state index < -0.39 is 23.8 Å². The molecule has 0 bridgehead atoms. The predicted octanol–water partition coefficient (Wildman–Crippen LogP) is 5.15. The summed E-state index contributed by atoms with van der Waals surface area (Å²) in [5.41, 5.74) is -0.517. The van der Waals surface area contributed by atoms with Crippen molar-refractivity contribution in [2.24, 2.45) is 0 Å². The highest BCUT2D eigenvalue weighted by atomic mass is 35.5. The third kappa shape index (κ3) is 3.51. The number of halogens is 6. The number of carboxylic acid groups (broad SMARTS) is 1. The first-order valence-electron chi connectivity index (χ1n) is 7.09. The number of allylic oxidation sites excluding steroid dienone is 2. The van der Waals surface area contributed by atoms with E-state index in [4.69, 9.17) is 44.6 Å². The van der Waals surface area contributed by atoms with E-state index in [1.54, 1.807) is 6.08 Å². The van der Waals surface area contributed by atoms with Crippen LogP contribution in [0.25, 0.3) is 6.08 Å². The Bertz CT molecular complexity index is 877. The predicted molar refractivity (Wildman–Crippen MR) is 92.8 cm³/mol. The number of aliphatic carboxylic acids is 1. The number of alkyl halides is 3. The minimum absolute atomic E-state index is 0.121. The molecule has 2 aliphatic rings. The lowest BCUT2D eigenvalue weighted by molar-refractivity contribution is -0.187. The molecule has 1 aromatic rings. The fourth-order valence-electron chi connectivity index (χ4n) is 2.56. The Labute approximate surface area is 160 Å². The Morgan fingerprint density at radius 3 is 2.54 bits per heavy atom. The summed E-state index contributed by atoms with van der Waals surface area (Å²) in [5.74, 6) is -1.89. The first-order valence-corrected chi connectivity index (χ1v) is 8.22. The van der Waals surface area contributed by atoms with Gasteiger partial charge in [0.25, 0.3) is 0 Å². The van der Waals surface area contributed by atoms with Crippen LogP contribution in [0.3, 0.4) is 0 Å². The molecule has 1 atom stereocenters. The number of carboxylic acids is 1. The number of rotatable bonds is 2. The number of benzene rings is 1. The molecule has 0 amide bonds. The van der Waals surface area contributed by atoms with E-state index in [0.29, 0.717) is 5.03 Å². The van der Waals surface area contributed by atoms with Crippen molar-refractivity contribution in [3.63, 3.8) is 0 Å². The van der Waals surface area contributed by atoms with Gasteiger partial charge in [-0.25, -0.2) is 4.79 Å². The lowest BCUT2D eigenvalue weighted by Crippen LogP contribution is -2.40. The molecule has 0 radical (unpaired) electrons. The fraction of sp³-hybridized carbons (Fsp3) is 0.188. The molecule has 0 saturated heterocycles. The number of anilines is 1. The summed E-state index contributed by atoms with van der Waals surface area (Å²) >= 11 is 18.3. The number of hydrogen-bond donors (Lipinski definition) is 1. The van der Waals surface area contributed by atoms with E-state index in [-0.39, 0.29) is 33.7 Å². The molecule has 26 heavy (non-hydrogen) atoms. The second-order valence-corrected chi connectivity index (χ2v) is 6.75. The summed E-state index contributed by atoms with van der Waals surface area (Å²) < 4.78 is 44.5. The molecule has 1 N–H and O–H groups in total. The second kappa shape index (κ2) is 6.72. The van der Waals surface area contributed by atoms with E-state index in [9.17, 15) is 18.0 Å². The van der Waals surface area contributed by atoms with Crippen molar-refractivity contribution >= 4 is 52.5 Å².